The number of nitrogens with one attached hydrogen (secondary N) is 1. The van der Waals surface area contributed by atoms with E-state index >= 15 is 0 Å². The fourth-order valence-corrected chi connectivity index (χ4v) is 0.512. The zero-order valence-electron chi connectivity index (χ0n) is 8.00. The average Bonchev–Trinajstić information content (AvgIpc) is 2.13. The Morgan fingerprint density at radius 1 is 1.69 bits per heavy atom. The number of rotatable bonds is 4. The molecule has 1 amide bonds. The highest BCUT2D eigenvalue weighted by Crippen LogP contribution is 2.06. The van der Waals surface area contributed by atoms with Crippen LogP contribution in [0.3, 0.4) is 0 Å². The fourth-order valence-electron chi connectivity index (χ4n) is 0.512. The number of hydrogen-bond donors (Lipinski definition) is 3. The number of carbonyl (C=O) groups is 1. The van der Waals surface area contributed by atoms with Gasteiger partial charge in [0.05, 0.1) is 6.54 Å². The second-order valence-electron chi connectivity index (χ2n) is 2.99. The second-order valence-corrected chi connectivity index (χ2v) is 2.99. The van der Waals surface area contributed by atoms with Gasteiger partial charge in [0.25, 0.3) is 5.91 Å². The molecule has 0 saturated heterocycles. The molecule has 0 saturated carbocycles. The van der Waals surface area contributed by atoms with E-state index in [1.54, 1.807) is 13.8 Å². The van der Waals surface area contributed by atoms with E-state index in [-0.39, 0.29) is 18.3 Å². The lowest BCUT2D eigenvalue weighted by molar-refractivity contribution is -0.139. The molecule has 0 aromatic carbocycles. The Balaban J connectivity index is 4.02. The van der Waals surface area contributed by atoms with Crippen LogP contribution >= 0.6 is 0 Å². The Morgan fingerprint density at radius 3 is 2.62 bits per heavy atom. The first-order valence-corrected chi connectivity index (χ1v) is 3.74. The van der Waals surface area contributed by atoms with Crippen LogP contribution in [0.1, 0.15) is 13.8 Å². The largest absolute Gasteiger partial charge is 0.409 e. The first-order valence-electron chi connectivity index (χ1n) is 3.74. The van der Waals surface area contributed by atoms with Gasteiger partial charge in [-0.05, 0) is 13.8 Å². The molecule has 0 fully saturated rings. The molecule has 0 unspecified atom stereocenters. The van der Waals surface area contributed by atoms with Crippen molar-refractivity contribution in [1.29, 1.82) is 0 Å². The van der Waals surface area contributed by atoms with Crippen LogP contribution in [-0.2, 0) is 9.53 Å². The van der Waals surface area contributed by atoms with Crippen LogP contribution in [-0.4, -0.2) is 36.2 Å². The number of ether oxygens (including phenoxy) is 1. The lowest BCUT2D eigenvalue weighted by atomic mass is 10.1. The van der Waals surface area contributed by atoms with Crippen LogP contribution in [0, 0.1) is 0 Å². The Hall–Kier alpha value is -1.30. The smallest absolute Gasteiger partial charge is 0.252 e. The van der Waals surface area contributed by atoms with Gasteiger partial charge in [0, 0.05) is 7.11 Å². The molecule has 0 aliphatic carbocycles. The van der Waals surface area contributed by atoms with Crippen LogP contribution in [0.25, 0.3) is 0 Å². The zero-order chi connectivity index (χ0) is 10.5. The maximum absolute atomic E-state index is 11.3. The number of oxime groups is 1. The fraction of sp³-hybridized carbons (Fsp3) is 0.714. The summed E-state index contributed by atoms with van der Waals surface area (Å²) in [4.78, 5) is 11.3. The minimum absolute atomic E-state index is 0.00211. The number of methoxy groups -OCH3 is 1. The van der Waals surface area contributed by atoms with E-state index < -0.39 is 5.60 Å². The highest BCUT2D eigenvalue weighted by atomic mass is 16.5. The van der Waals surface area contributed by atoms with Crippen molar-refractivity contribution in [1.82, 2.24) is 5.32 Å². The van der Waals surface area contributed by atoms with Crippen molar-refractivity contribution in [3.05, 3.63) is 0 Å². The number of hydrogen-bond acceptors (Lipinski definition) is 4. The van der Waals surface area contributed by atoms with E-state index in [9.17, 15) is 4.79 Å². The lowest BCUT2D eigenvalue weighted by Gasteiger charge is -2.21. The number of carbonyl (C=O) groups excluding carboxylic acids is 1. The standard InChI is InChI=1S/C7H15N3O3/c1-7(2,13-3)6(11)9-4-5(8)10-12/h12H,4H2,1-3H3,(H2,8,10)(H,9,11). The number of nitrogens with two attached hydrogens (primary N) is 1. The van der Waals surface area contributed by atoms with Gasteiger partial charge in [0.15, 0.2) is 5.84 Å². The van der Waals surface area contributed by atoms with Crippen LogP contribution < -0.4 is 11.1 Å². The normalized spacial score (nSPS) is 12.7. The van der Waals surface area contributed by atoms with Gasteiger partial charge < -0.3 is 21.0 Å². The van der Waals surface area contributed by atoms with Crippen molar-refractivity contribution in [2.24, 2.45) is 10.9 Å². The van der Waals surface area contributed by atoms with Gasteiger partial charge >= 0.3 is 0 Å². The summed E-state index contributed by atoms with van der Waals surface area (Å²) in [6, 6.07) is 0. The second kappa shape index (κ2) is 4.66. The maximum Gasteiger partial charge on any atom is 0.252 e. The van der Waals surface area contributed by atoms with Gasteiger partial charge in [-0.25, -0.2) is 0 Å². The van der Waals surface area contributed by atoms with E-state index in [0.29, 0.717) is 0 Å². The third-order valence-electron chi connectivity index (χ3n) is 1.62. The van der Waals surface area contributed by atoms with Crippen molar-refractivity contribution >= 4 is 11.7 Å². The minimum atomic E-state index is -0.907. The summed E-state index contributed by atoms with van der Waals surface area (Å²) in [5, 5.41) is 13.3. The zero-order valence-corrected chi connectivity index (χ0v) is 8.00. The number of amidine groups is 1. The first kappa shape index (κ1) is 11.7. The Kier molecular flexibility index (Phi) is 4.19. The highest BCUT2D eigenvalue weighted by Gasteiger charge is 2.26. The topological polar surface area (TPSA) is 96.9 Å². The van der Waals surface area contributed by atoms with Crippen molar-refractivity contribution in [2.45, 2.75) is 19.4 Å². The van der Waals surface area contributed by atoms with E-state index in [0.717, 1.165) is 0 Å². The Labute approximate surface area is 76.7 Å². The van der Waals surface area contributed by atoms with Gasteiger partial charge in [-0.3, -0.25) is 4.79 Å². The average molecular weight is 189 g/mol. The summed E-state index contributed by atoms with van der Waals surface area (Å²) in [7, 11) is 1.43. The minimum Gasteiger partial charge on any atom is -0.409 e. The SMILES string of the molecule is COC(C)(C)C(=O)NCC(N)=NO. The summed E-state index contributed by atoms with van der Waals surface area (Å²) >= 11 is 0. The predicted molar refractivity (Wildman–Crippen MR) is 47.5 cm³/mol. The van der Waals surface area contributed by atoms with Crippen LogP contribution in [0.15, 0.2) is 5.16 Å². The van der Waals surface area contributed by atoms with Crippen molar-refractivity contribution < 1.29 is 14.7 Å². The van der Waals surface area contributed by atoms with E-state index in [2.05, 4.69) is 10.5 Å². The molecule has 0 aromatic heterocycles. The third kappa shape index (κ3) is 3.75. The van der Waals surface area contributed by atoms with Crippen molar-refractivity contribution in [3.8, 4) is 0 Å². The van der Waals surface area contributed by atoms with Crippen molar-refractivity contribution in [2.75, 3.05) is 13.7 Å². The molecule has 4 N–H and O–H groups in total. The molecule has 6 heteroatoms. The Morgan fingerprint density at radius 2 is 2.23 bits per heavy atom. The molecule has 0 atom stereocenters. The van der Waals surface area contributed by atoms with Gasteiger partial charge in [0.2, 0.25) is 0 Å². The molecule has 0 spiro atoms. The monoisotopic (exact) mass is 189 g/mol. The molecule has 6 nitrogen and oxygen atoms in total. The van der Waals surface area contributed by atoms with E-state index in [1.807, 2.05) is 0 Å². The molecule has 0 aromatic rings. The van der Waals surface area contributed by atoms with Crippen LogP contribution in [0.5, 0.6) is 0 Å². The van der Waals surface area contributed by atoms with E-state index in [1.165, 1.54) is 7.11 Å². The number of amides is 1. The van der Waals surface area contributed by atoms with Crippen molar-refractivity contribution in [3.63, 3.8) is 0 Å². The van der Waals surface area contributed by atoms with Gasteiger partial charge in [-0.15, -0.1) is 0 Å². The molecular formula is C7H15N3O3. The van der Waals surface area contributed by atoms with Gasteiger partial charge in [0.1, 0.15) is 5.60 Å². The van der Waals surface area contributed by atoms with Gasteiger partial charge in [-0.1, -0.05) is 5.16 Å². The summed E-state index contributed by atoms with van der Waals surface area (Å²) in [6.07, 6.45) is 0. The molecule has 0 aliphatic rings. The van der Waals surface area contributed by atoms with Crippen LogP contribution in [0.2, 0.25) is 0 Å². The summed E-state index contributed by atoms with van der Waals surface area (Å²) in [6.45, 7) is 3.24. The molecule has 0 bridgehead atoms. The molecule has 13 heavy (non-hydrogen) atoms. The molecular weight excluding hydrogens is 174 g/mol. The van der Waals surface area contributed by atoms with Gasteiger partial charge in [-0.2, -0.15) is 0 Å². The first-order chi connectivity index (χ1) is 5.94. The summed E-state index contributed by atoms with van der Waals surface area (Å²) < 4.78 is 4.91. The molecule has 0 rings (SSSR count). The van der Waals surface area contributed by atoms with E-state index in [4.69, 9.17) is 15.7 Å². The lowest BCUT2D eigenvalue weighted by Crippen LogP contribution is -2.46. The molecule has 0 aliphatic heterocycles. The predicted octanol–water partition coefficient (Wildman–Crippen LogP) is -0.726. The quantitative estimate of drug-likeness (QED) is 0.235. The molecule has 0 heterocycles. The highest BCUT2D eigenvalue weighted by molar-refractivity contribution is 5.90. The maximum atomic E-state index is 11.3. The van der Waals surface area contributed by atoms with Crippen LogP contribution in [0.4, 0.5) is 0 Å². The summed E-state index contributed by atoms with van der Waals surface area (Å²) in [5.41, 5.74) is 4.24. The number of nitrogens with zero attached hydrogens (tertiary/aromatic N) is 1. The molecule has 76 valence electrons. The summed E-state index contributed by atoms with van der Waals surface area (Å²) in [5.74, 6) is -0.373. The molecule has 0 radical (unpaired) electrons. The Bertz CT molecular complexity index is 213. The third-order valence-corrected chi connectivity index (χ3v) is 1.62.